The molecule has 1 aromatic carbocycles. The van der Waals surface area contributed by atoms with E-state index in [4.69, 9.17) is 0 Å². The molecule has 124 valence electrons. The van der Waals surface area contributed by atoms with E-state index in [2.05, 4.69) is 24.1 Å². The smallest absolute Gasteiger partial charge is 0.379 e. The number of H-pyrrole nitrogens is 1. The Morgan fingerprint density at radius 2 is 1.91 bits per heavy atom. The van der Waals surface area contributed by atoms with Crippen LogP contribution in [0.5, 0.6) is 0 Å². The molecule has 0 unspecified atom stereocenters. The predicted octanol–water partition coefficient (Wildman–Crippen LogP) is 4.46. The molecular weight excluding hydrogens is 305 g/mol. The topological polar surface area (TPSA) is 44.9 Å². The van der Waals surface area contributed by atoms with Gasteiger partial charge in [0.2, 0.25) is 5.56 Å². The Balaban J connectivity index is 2.27. The highest BCUT2D eigenvalue weighted by Crippen LogP contribution is 2.42. The molecule has 1 aromatic heterocycles. The Morgan fingerprint density at radius 1 is 1.22 bits per heavy atom. The second kappa shape index (κ2) is 5.28. The minimum atomic E-state index is -4.55. The van der Waals surface area contributed by atoms with Gasteiger partial charge in [0.05, 0.1) is 5.56 Å². The van der Waals surface area contributed by atoms with Gasteiger partial charge in [-0.25, -0.2) is 0 Å². The zero-order valence-electron chi connectivity index (χ0n) is 13.1. The van der Waals surface area contributed by atoms with E-state index >= 15 is 0 Å². The van der Waals surface area contributed by atoms with E-state index < -0.39 is 17.3 Å². The number of halogens is 3. The van der Waals surface area contributed by atoms with Crippen molar-refractivity contribution in [2.24, 2.45) is 0 Å². The summed E-state index contributed by atoms with van der Waals surface area (Å²) >= 11 is 0. The maximum atomic E-state index is 13.4. The molecule has 0 aliphatic carbocycles. The van der Waals surface area contributed by atoms with Crippen molar-refractivity contribution in [3.05, 3.63) is 39.7 Å². The van der Waals surface area contributed by atoms with Crippen molar-refractivity contribution in [1.29, 1.82) is 0 Å². The van der Waals surface area contributed by atoms with Crippen LogP contribution in [0.15, 0.2) is 23.0 Å². The summed E-state index contributed by atoms with van der Waals surface area (Å²) < 4.78 is 40.1. The molecular formula is C17H19F3N2O. The Morgan fingerprint density at radius 3 is 2.52 bits per heavy atom. The third kappa shape index (κ3) is 2.60. The van der Waals surface area contributed by atoms with Gasteiger partial charge in [0.1, 0.15) is 0 Å². The van der Waals surface area contributed by atoms with Crippen molar-refractivity contribution >= 4 is 16.6 Å². The zero-order valence-corrected chi connectivity index (χ0v) is 13.1. The molecule has 1 aliphatic heterocycles. The van der Waals surface area contributed by atoms with E-state index in [9.17, 15) is 18.0 Å². The number of rotatable bonds is 2. The van der Waals surface area contributed by atoms with Crippen molar-refractivity contribution in [3.63, 3.8) is 0 Å². The molecule has 0 radical (unpaired) electrons. The van der Waals surface area contributed by atoms with Crippen LogP contribution >= 0.6 is 0 Å². The van der Waals surface area contributed by atoms with Crippen molar-refractivity contribution < 1.29 is 13.2 Å². The molecule has 1 aliphatic rings. The summed E-state index contributed by atoms with van der Waals surface area (Å²) in [5.74, 6) is 0. The number of alkyl halides is 3. The first-order valence-corrected chi connectivity index (χ1v) is 7.84. The molecule has 0 atom stereocenters. The molecule has 0 spiro atoms. The molecule has 6 heteroatoms. The highest BCUT2D eigenvalue weighted by atomic mass is 19.4. The first-order valence-electron chi connectivity index (χ1n) is 7.84. The maximum Gasteiger partial charge on any atom is 0.417 e. The summed E-state index contributed by atoms with van der Waals surface area (Å²) in [6.07, 6.45) is -1.37. The van der Waals surface area contributed by atoms with Gasteiger partial charge in [0, 0.05) is 28.2 Å². The van der Waals surface area contributed by atoms with Crippen molar-refractivity contribution in [3.8, 4) is 0 Å². The monoisotopic (exact) mass is 324 g/mol. The number of hydrogen-bond donors (Lipinski definition) is 2. The molecule has 23 heavy (non-hydrogen) atoms. The molecule has 0 saturated carbocycles. The Bertz CT molecular complexity index is 804. The quantitative estimate of drug-likeness (QED) is 0.856. The Kier molecular flexibility index (Phi) is 3.65. The van der Waals surface area contributed by atoms with Crippen LogP contribution in [0.1, 0.15) is 44.2 Å². The normalized spacial score (nSPS) is 16.9. The van der Waals surface area contributed by atoms with Gasteiger partial charge in [0.25, 0.3) is 0 Å². The molecule has 3 rings (SSSR count). The van der Waals surface area contributed by atoms with Gasteiger partial charge < -0.3 is 10.3 Å². The molecule has 3 nitrogen and oxygen atoms in total. The summed E-state index contributed by atoms with van der Waals surface area (Å²) in [4.78, 5) is 14.1. The second-order valence-electron chi connectivity index (χ2n) is 6.17. The summed E-state index contributed by atoms with van der Waals surface area (Å²) in [6, 6.07) is 3.98. The SMILES string of the molecule is CCC1(CC)CCc2c(ccc3[nH]c(=O)cc(C(F)(F)F)c23)N1. The van der Waals surface area contributed by atoms with Gasteiger partial charge in [-0.2, -0.15) is 13.2 Å². The summed E-state index contributed by atoms with van der Waals surface area (Å²) in [5, 5.41) is 3.55. The summed E-state index contributed by atoms with van der Waals surface area (Å²) in [7, 11) is 0. The highest BCUT2D eigenvalue weighted by Gasteiger charge is 2.37. The van der Waals surface area contributed by atoms with Crippen LogP contribution in [-0.4, -0.2) is 10.5 Å². The highest BCUT2D eigenvalue weighted by molar-refractivity contribution is 5.91. The minimum Gasteiger partial charge on any atom is -0.379 e. The molecule has 0 bridgehead atoms. The number of aromatic amines is 1. The minimum absolute atomic E-state index is 0.0682. The number of anilines is 1. The van der Waals surface area contributed by atoms with E-state index in [1.54, 1.807) is 12.1 Å². The summed E-state index contributed by atoms with van der Waals surface area (Å²) in [5.41, 5.74) is -0.0266. The molecule has 0 amide bonds. The molecule has 2 heterocycles. The first-order chi connectivity index (χ1) is 10.8. The van der Waals surface area contributed by atoms with E-state index in [1.165, 1.54) is 0 Å². The van der Waals surface area contributed by atoms with Gasteiger partial charge >= 0.3 is 6.18 Å². The van der Waals surface area contributed by atoms with Gasteiger partial charge in [0.15, 0.2) is 0 Å². The fourth-order valence-corrected chi connectivity index (χ4v) is 3.52. The number of aryl methyl sites for hydroxylation is 1. The molecule has 0 saturated heterocycles. The fourth-order valence-electron chi connectivity index (χ4n) is 3.52. The number of benzene rings is 1. The molecule has 2 N–H and O–H groups in total. The zero-order chi connectivity index (χ0) is 16.8. The lowest BCUT2D eigenvalue weighted by atomic mass is 9.81. The van der Waals surface area contributed by atoms with E-state index in [-0.39, 0.29) is 16.4 Å². The van der Waals surface area contributed by atoms with Crippen molar-refractivity contribution in [2.45, 2.75) is 51.2 Å². The largest absolute Gasteiger partial charge is 0.417 e. The van der Waals surface area contributed by atoms with Gasteiger partial charge in [-0.3, -0.25) is 4.79 Å². The van der Waals surface area contributed by atoms with Crippen molar-refractivity contribution in [1.82, 2.24) is 4.98 Å². The van der Waals surface area contributed by atoms with Crippen LogP contribution < -0.4 is 10.9 Å². The third-order valence-electron chi connectivity index (χ3n) is 5.03. The number of fused-ring (bicyclic) bond motifs is 3. The van der Waals surface area contributed by atoms with Gasteiger partial charge in [-0.1, -0.05) is 13.8 Å². The van der Waals surface area contributed by atoms with E-state index in [1.807, 2.05) is 0 Å². The number of aromatic nitrogens is 1. The van der Waals surface area contributed by atoms with Crippen LogP contribution in [0.25, 0.3) is 10.9 Å². The van der Waals surface area contributed by atoms with Gasteiger partial charge in [-0.15, -0.1) is 0 Å². The van der Waals surface area contributed by atoms with Crippen LogP contribution in [0.3, 0.4) is 0 Å². The van der Waals surface area contributed by atoms with Crippen LogP contribution in [0.4, 0.5) is 18.9 Å². The third-order valence-corrected chi connectivity index (χ3v) is 5.03. The van der Waals surface area contributed by atoms with Crippen LogP contribution in [-0.2, 0) is 12.6 Å². The number of hydrogen-bond acceptors (Lipinski definition) is 2. The average Bonchev–Trinajstić information content (AvgIpc) is 2.52. The fraction of sp³-hybridized carbons (Fsp3) is 0.471. The van der Waals surface area contributed by atoms with Crippen LogP contribution in [0, 0.1) is 0 Å². The van der Waals surface area contributed by atoms with E-state index in [0.29, 0.717) is 18.1 Å². The standard InChI is InChI=1S/C17H19F3N2O/c1-3-16(4-2)8-7-10-12(22-16)5-6-13-15(10)11(17(18,19)20)9-14(23)21-13/h5-6,9,22H,3-4,7-8H2,1-2H3,(H,21,23). The van der Waals surface area contributed by atoms with E-state index in [0.717, 1.165) is 24.9 Å². The van der Waals surface area contributed by atoms with Crippen molar-refractivity contribution in [2.75, 3.05) is 5.32 Å². The molecule has 0 fully saturated rings. The summed E-state index contributed by atoms with van der Waals surface area (Å²) in [6.45, 7) is 4.17. The van der Waals surface area contributed by atoms with Crippen LogP contribution in [0.2, 0.25) is 0 Å². The second-order valence-corrected chi connectivity index (χ2v) is 6.17. The molecule has 2 aromatic rings. The maximum absolute atomic E-state index is 13.4. The number of pyridine rings is 1. The lowest BCUT2D eigenvalue weighted by Crippen LogP contribution is -2.40. The predicted molar refractivity (Wildman–Crippen MR) is 84.8 cm³/mol. The lowest BCUT2D eigenvalue weighted by Gasteiger charge is -2.39. The lowest BCUT2D eigenvalue weighted by molar-refractivity contribution is -0.136. The van der Waals surface area contributed by atoms with Gasteiger partial charge in [-0.05, 0) is 43.4 Å². The number of nitrogens with one attached hydrogen (secondary N) is 2. The average molecular weight is 324 g/mol. The Hall–Kier alpha value is -1.98. The Labute approximate surface area is 131 Å². The first kappa shape index (κ1) is 15.9.